The number of nitrogens with one attached hydrogen (secondary N) is 1. The van der Waals surface area contributed by atoms with E-state index in [2.05, 4.69) is 5.32 Å². The van der Waals surface area contributed by atoms with Crippen LogP contribution in [0.3, 0.4) is 0 Å². The van der Waals surface area contributed by atoms with Crippen LogP contribution < -0.4 is 15.6 Å². The van der Waals surface area contributed by atoms with E-state index in [0.29, 0.717) is 16.5 Å². The molecule has 0 fully saturated rings. The number of carbonyl (C=O) groups excluding carboxylic acids is 2. The Morgan fingerprint density at radius 3 is 2.42 bits per heavy atom. The SMILES string of the molecule is CCOC(=O)COc1cccc2c(=O)n(CC(=O)Nc3c(C)cc(C)cc3C)ccc12. The number of carbonyl (C=O) groups is 2. The van der Waals surface area contributed by atoms with E-state index in [0.717, 1.165) is 22.4 Å². The minimum absolute atomic E-state index is 0.116. The monoisotopic (exact) mass is 422 g/mol. The summed E-state index contributed by atoms with van der Waals surface area (Å²) in [6.45, 7) is 7.52. The van der Waals surface area contributed by atoms with Gasteiger partial charge in [-0.15, -0.1) is 0 Å². The predicted molar refractivity (Wildman–Crippen MR) is 120 cm³/mol. The van der Waals surface area contributed by atoms with Crippen molar-refractivity contribution in [2.45, 2.75) is 34.2 Å². The van der Waals surface area contributed by atoms with Gasteiger partial charge in [0.2, 0.25) is 5.91 Å². The first-order valence-electron chi connectivity index (χ1n) is 10.1. The standard InChI is InChI=1S/C24H26N2O5/c1-5-30-22(28)14-31-20-8-6-7-19-18(20)9-10-26(24(19)29)13-21(27)25-23-16(3)11-15(2)12-17(23)4/h6-12H,5,13-14H2,1-4H3,(H,25,27). The minimum atomic E-state index is -0.480. The van der Waals surface area contributed by atoms with Crippen molar-refractivity contribution >= 4 is 28.3 Å². The van der Waals surface area contributed by atoms with Crippen molar-refractivity contribution in [2.24, 2.45) is 0 Å². The Morgan fingerprint density at radius 2 is 1.74 bits per heavy atom. The third-order valence-electron chi connectivity index (χ3n) is 4.88. The molecule has 0 aliphatic heterocycles. The molecule has 3 aromatic rings. The van der Waals surface area contributed by atoms with Gasteiger partial charge in [-0.05, 0) is 57.0 Å². The zero-order valence-corrected chi connectivity index (χ0v) is 18.2. The number of rotatable bonds is 7. The molecule has 0 unspecified atom stereocenters. The average Bonchev–Trinajstić information content (AvgIpc) is 2.71. The molecule has 1 N–H and O–H groups in total. The zero-order valence-electron chi connectivity index (χ0n) is 18.2. The fraction of sp³-hybridized carbons (Fsp3) is 0.292. The predicted octanol–water partition coefficient (Wildman–Crippen LogP) is 3.51. The fourth-order valence-corrected chi connectivity index (χ4v) is 3.59. The highest BCUT2D eigenvalue weighted by Crippen LogP contribution is 2.24. The summed E-state index contributed by atoms with van der Waals surface area (Å²) >= 11 is 0. The lowest BCUT2D eigenvalue weighted by Crippen LogP contribution is -2.27. The number of nitrogens with zero attached hydrogens (tertiary/aromatic N) is 1. The lowest BCUT2D eigenvalue weighted by atomic mass is 10.1. The smallest absolute Gasteiger partial charge is 0.344 e. The molecule has 0 aliphatic rings. The molecule has 3 rings (SSSR count). The van der Waals surface area contributed by atoms with Crippen molar-refractivity contribution in [1.29, 1.82) is 0 Å². The van der Waals surface area contributed by atoms with E-state index < -0.39 is 5.97 Å². The number of anilines is 1. The van der Waals surface area contributed by atoms with Gasteiger partial charge in [0, 0.05) is 17.3 Å². The maximum absolute atomic E-state index is 12.9. The number of benzene rings is 2. The molecule has 0 aliphatic carbocycles. The van der Waals surface area contributed by atoms with Crippen LogP contribution in [-0.4, -0.2) is 29.7 Å². The van der Waals surface area contributed by atoms with E-state index in [1.54, 1.807) is 37.4 Å². The number of pyridine rings is 1. The van der Waals surface area contributed by atoms with Gasteiger partial charge in [-0.25, -0.2) is 4.79 Å². The van der Waals surface area contributed by atoms with Gasteiger partial charge in [-0.3, -0.25) is 9.59 Å². The van der Waals surface area contributed by atoms with Gasteiger partial charge in [0.05, 0.1) is 12.0 Å². The summed E-state index contributed by atoms with van der Waals surface area (Å²) in [6, 6.07) is 10.7. The van der Waals surface area contributed by atoms with Gasteiger partial charge < -0.3 is 19.4 Å². The lowest BCUT2D eigenvalue weighted by Gasteiger charge is -2.14. The quantitative estimate of drug-likeness (QED) is 0.589. The maximum atomic E-state index is 12.9. The molecule has 31 heavy (non-hydrogen) atoms. The van der Waals surface area contributed by atoms with Gasteiger partial charge in [0.15, 0.2) is 6.61 Å². The Hall–Kier alpha value is -3.61. The first kappa shape index (κ1) is 22.1. The summed E-state index contributed by atoms with van der Waals surface area (Å²) in [5.41, 5.74) is 3.52. The van der Waals surface area contributed by atoms with Crippen LogP contribution in [0.5, 0.6) is 5.75 Å². The van der Waals surface area contributed by atoms with Gasteiger partial charge in [0.25, 0.3) is 5.56 Å². The Bertz CT molecular complexity index is 1170. The first-order valence-corrected chi connectivity index (χ1v) is 10.1. The second-order valence-corrected chi connectivity index (χ2v) is 7.38. The van der Waals surface area contributed by atoms with Crippen LogP contribution in [0.2, 0.25) is 0 Å². The van der Waals surface area contributed by atoms with Crippen LogP contribution in [0, 0.1) is 20.8 Å². The molecule has 2 aromatic carbocycles. The van der Waals surface area contributed by atoms with Gasteiger partial charge in [-0.1, -0.05) is 23.8 Å². The van der Waals surface area contributed by atoms with E-state index in [-0.39, 0.29) is 31.2 Å². The normalized spacial score (nSPS) is 10.7. The highest BCUT2D eigenvalue weighted by molar-refractivity contribution is 5.93. The van der Waals surface area contributed by atoms with E-state index >= 15 is 0 Å². The third-order valence-corrected chi connectivity index (χ3v) is 4.88. The molecule has 162 valence electrons. The number of fused-ring (bicyclic) bond motifs is 1. The number of hydrogen-bond acceptors (Lipinski definition) is 5. The summed E-state index contributed by atoms with van der Waals surface area (Å²) in [4.78, 5) is 37.1. The highest BCUT2D eigenvalue weighted by atomic mass is 16.6. The number of aromatic nitrogens is 1. The molecule has 7 heteroatoms. The molecule has 0 saturated carbocycles. The van der Waals surface area contributed by atoms with Crippen LogP contribution in [0.1, 0.15) is 23.6 Å². The van der Waals surface area contributed by atoms with Crippen LogP contribution in [0.15, 0.2) is 47.4 Å². The van der Waals surface area contributed by atoms with Crippen molar-refractivity contribution in [3.05, 3.63) is 69.6 Å². The summed E-state index contributed by atoms with van der Waals surface area (Å²) in [6.07, 6.45) is 1.55. The Morgan fingerprint density at radius 1 is 1.03 bits per heavy atom. The molecule has 0 spiro atoms. The van der Waals surface area contributed by atoms with Gasteiger partial charge in [0.1, 0.15) is 12.3 Å². The number of esters is 1. The topological polar surface area (TPSA) is 86.6 Å². The highest BCUT2D eigenvalue weighted by Gasteiger charge is 2.13. The maximum Gasteiger partial charge on any atom is 0.344 e. The number of amides is 1. The second kappa shape index (κ2) is 9.47. The molecule has 0 saturated heterocycles. The van der Waals surface area contributed by atoms with E-state index in [4.69, 9.17) is 9.47 Å². The molecule has 0 bridgehead atoms. The van der Waals surface area contributed by atoms with E-state index in [1.807, 2.05) is 32.9 Å². The molecular weight excluding hydrogens is 396 g/mol. The van der Waals surface area contributed by atoms with Crippen molar-refractivity contribution in [2.75, 3.05) is 18.5 Å². The molecule has 1 heterocycles. The van der Waals surface area contributed by atoms with Crippen LogP contribution >= 0.6 is 0 Å². The molecule has 1 aromatic heterocycles. The summed E-state index contributed by atoms with van der Waals surface area (Å²) in [5.74, 6) is -0.359. The van der Waals surface area contributed by atoms with E-state index in [1.165, 1.54) is 4.57 Å². The third kappa shape index (κ3) is 5.12. The Labute approximate surface area is 180 Å². The average molecular weight is 422 g/mol. The van der Waals surface area contributed by atoms with Crippen molar-refractivity contribution in [3.63, 3.8) is 0 Å². The fourth-order valence-electron chi connectivity index (χ4n) is 3.59. The summed E-state index contributed by atoms with van der Waals surface area (Å²) in [7, 11) is 0. The van der Waals surface area contributed by atoms with Crippen LogP contribution in [0.25, 0.3) is 10.8 Å². The largest absolute Gasteiger partial charge is 0.481 e. The second-order valence-electron chi connectivity index (χ2n) is 7.38. The minimum Gasteiger partial charge on any atom is -0.481 e. The van der Waals surface area contributed by atoms with Crippen LogP contribution in [0.4, 0.5) is 5.69 Å². The zero-order chi connectivity index (χ0) is 22.5. The molecular formula is C24H26N2O5. The molecule has 7 nitrogen and oxygen atoms in total. The summed E-state index contributed by atoms with van der Waals surface area (Å²) in [5, 5.41) is 3.88. The molecule has 1 amide bonds. The van der Waals surface area contributed by atoms with Crippen LogP contribution in [-0.2, 0) is 20.9 Å². The van der Waals surface area contributed by atoms with Crippen molar-refractivity contribution < 1.29 is 19.1 Å². The van der Waals surface area contributed by atoms with Gasteiger partial charge >= 0.3 is 5.97 Å². The summed E-state index contributed by atoms with van der Waals surface area (Å²) < 4.78 is 11.7. The lowest BCUT2D eigenvalue weighted by molar-refractivity contribution is -0.145. The number of ether oxygens (including phenoxy) is 2. The first-order chi connectivity index (χ1) is 14.8. The Balaban J connectivity index is 1.81. The van der Waals surface area contributed by atoms with Crippen molar-refractivity contribution in [1.82, 2.24) is 4.57 Å². The number of hydrogen-bond donors (Lipinski definition) is 1. The Kier molecular flexibility index (Phi) is 6.74. The van der Waals surface area contributed by atoms with Gasteiger partial charge in [-0.2, -0.15) is 0 Å². The van der Waals surface area contributed by atoms with Crippen molar-refractivity contribution in [3.8, 4) is 5.75 Å². The molecule has 0 radical (unpaired) electrons. The number of aryl methyl sites for hydroxylation is 3. The molecule has 0 atom stereocenters. The van der Waals surface area contributed by atoms with E-state index in [9.17, 15) is 14.4 Å².